The Balaban J connectivity index is 2.04. The predicted octanol–water partition coefficient (Wildman–Crippen LogP) is 4.35. The molecule has 1 N–H and O–H groups in total. The van der Waals surface area contributed by atoms with E-state index >= 15 is 0 Å². The van der Waals surface area contributed by atoms with Gasteiger partial charge in [-0.05, 0) is 43.4 Å². The van der Waals surface area contributed by atoms with Gasteiger partial charge in [0.2, 0.25) is 0 Å². The molecule has 0 unspecified atom stereocenters. The van der Waals surface area contributed by atoms with E-state index < -0.39 is 11.7 Å². The number of aromatic nitrogens is 3. The molecule has 0 fully saturated rings. The first kappa shape index (κ1) is 16.7. The number of ether oxygens (including phenoxy) is 1. The third-order valence-electron chi connectivity index (χ3n) is 3.13. The van der Waals surface area contributed by atoms with E-state index in [9.17, 15) is 4.79 Å². The lowest BCUT2D eigenvalue weighted by molar-refractivity contribution is 0.0635. The minimum atomic E-state index is -0.572. The maximum atomic E-state index is 12.1. The van der Waals surface area contributed by atoms with Crippen molar-refractivity contribution in [2.75, 3.05) is 5.32 Å². The van der Waals surface area contributed by atoms with Gasteiger partial charge in [0, 0.05) is 11.6 Å². The number of halogens is 1. The number of amides is 1. The van der Waals surface area contributed by atoms with E-state index in [2.05, 4.69) is 38.0 Å². The summed E-state index contributed by atoms with van der Waals surface area (Å²) >= 11 is 2.17. The first-order valence-electron chi connectivity index (χ1n) is 7.43. The fourth-order valence-electron chi connectivity index (χ4n) is 2.19. The number of carbonyl (C=O) groups is 1. The molecular formula is C17H17IN4O2. The zero-order chi connectivity index (χ0) is 17.3. The summed E-state index contributed by atoms with van der Waals surface area (Å²) in [5, 5.41) is 7.04. The van der Waals surface area contributed by atoms with Crippen molar-refractivity contribution in [3.8, 4) is 11.3 Å². The van der Waals surface area contributed by atoms with E-state index in [4.69, 9.17) is 4.74 Å². The summed E-state index contributed by atoms with van der Waals surface area (Å²) < 4.78 is 7.83. The molecule has 3 aromatic rings. The van der Waals surface area contributed by atoms with Crippen LogP contribution in [0, 0.1) is 3.57 Å². The largest absolute Gasteiger partial charge is 0.444 e. The third-order valence-corrected chi connectivity index (χ3v) is 3.89. The van der Waals surface area contributed by atoms with Crippen LogP contribution in [0.3, 0.4) is 0 Å². The number of hydrogen-bond acceptors (Lipinski definition) is 4. The molecule has 7 heteroatoms. The van der Waals surface area contributed by atoms with Crippen LogP contribution in [0.1, 0.15) is 20.8 Å². The van der Waals surface area contributed by atoms with Crippen molar-refractivity contribution >= 4 is 40.1 Å². The fraction of sp³-hybridized carbons (Fsp3) is 0.235. The van der Waals surface area contributed by atoms with E-state index in [-0.39, 0.29) is 0 Å². The highest BCUT2D eigenvalue weighted by Crippen LogP contribution is 2.24. The molecule has 2 heterocycles. The Morgan fingerprint density at radius 2 is 1.96 bits per heavy atom. The molecule has 0 atom stereocenters. The SMILES string of the molecule is CC(C)(C)OC(=O)Nc1cc(-c2ccccc2)nc2c(I)cnn12. The summed E-state index contributed by atoms with van der Waals surface area (Å²) in [6, 6.07) is 11.6. The third kappa shape index (κ3) is 3.66. The molecule has 0 aliphatic carbocycles. The number of benzene rings is 1. The summed E-state index contributed by atoms with van der Waals surface area (Å²) in [4.78, 5) is 16.8. The smallest absolute Gasteiger partial charge is 0.413 e. The van der Waals surface area contributed by atoms with Gasteiger partial charge in [-0.25, -0.2) is 9.78 Å². The molecule has 1 amide bonds. The molecule has 0 saturated heterocycles. The molecule has 0 saturated carbocycles. The van der Waals surface area contributed by atoms with E-state index in [1.807, 2.05) is 51.1 Å². The van der Waals surface area contributed by atoms with Gasteiger partial charge in [-0.2, -0.15) is 9.61 Å². The molecule has 0 aliphatic rings. The van der Waals surface area contributed by atoms with Gasteiger partial charge in [-0.1, -0.05) is 30.3 Å². The fourth-order valence-corrected chi connectivity index (χ4v) is 2.66. The quantitative estimate of drug-likeness (QED) is 0.607. The topological polar surface area (TPSA) is 68.5 Å². The molecule has 124 valence electrons. The van der Waals surface area contributed by atoms with Crippen LogP contribution in [0.15, 0.2) is 42.6 Å². The van der Waals surface area contributed by atoms with Gasteiger partial charge in [-0.15, -0.1) is 0 Å². The van der Waals surface area contributed by atoms with Gasteiger partial charge in [0.15, 0.2) is 5.65 Å². The van der Waals surface area contributed by atoms with Gasteiger partial charge in [0.25, 0.3) is 0 Å². The van der Waals surface area contributed by atoms with Crippen molar-refractivity contribution in [2.45, 2.75) is 26.4 Å². The number of nitrogens with zero attached hydrogens (tertiary/aromatic N) is 3. The first-order chi connectivity index (χ1) is 11.3. The van der Waals surface area contributed by atoms with Crippen LogP contribution in [-0.4, -0.2) is 26.3 Å². The molecule has 0 spiro atoms. The number of fused-ring (bicyclic) bond motifs is 1. The summed E-state index contributed by atoms with van der Waals surface area (Å²) in [7, 11) is 0. The molecule has 0 radical (unpaired) electrons. The van der Waals surface area contributed by atoms with Crippen LogP contribution in [-0.2, 0) is 4.74 Å². The maximum Gasteiger partial charge on any atom is 0.413 e. The molecule has 0 bridgehead atoms. The monoisotopic (exact) mass is 436 g/mol. The molecule has 1 aromatic carbocycles. The Morgan fingerprint density at radius 3 is 2.62 bits per heavy atom. The summed E-state index contributed by atoms with van der Waals surface area (Å²) in [5.74, 6) is 0.510. The van der Waals surface area contributed by atoms with Crippen LogP contribution in [0.2, 0.25) is 0 Å². The Labute approximate surface area is 153 Å². The van der Waals surface area contributed by atoms with E-state index in [0.29, 0.717) is 11.5 Å². The Hall–Kier alpha value is -2.16. The van der Waals surface area contributed by atoms with Gasteiger partial charge < -0.3 is 4.74 Å². The van der Waals surface area contributed by atoms with Crippen LogP contribution < -0.4 is 5.32 Å². The number of carbonyl (C=O) groups excluding carboxylic acids is 1. The zero-order valence-electron chi connectivity index (χ0n) is 13.6. The Bertz CT molecular complexity index is 885. The highest BCUT2D eigenvalue weighted by molar-refractivity contribution is 14.1. The van der Waals surface area contributed by atoms with Crippen molar-refractivity contribution in [3.05, 3.63) is 46.2 Å². The van der Waals surface area contributed by atoms with Gasteiger partial charge >= 0.3 is 6.09 Å². The number of rotatable bonds is 2. The van der Waals surface area contributed by atoms with Gasteiger partial charge in [0.05, 0.1) is 15.5 Å². The van der Waals surface area contributed by atoms with Crippen molar-refractivity contribution in [3.63, 3.8) is 0 Å². The van der Waals surface area contributed by atoms with Crippen molar-refractivity contribution in [2.24, 2.45) is 0 Å². The summed E-state index contributed by atoms with van der Waals surface area (Å²) in [5.41, 5.74) is 1.83. The predicted molar refractivity (Wildman–Crippen MR) is 101 cm³/mol. The lowest BCUT2D eigenvalue weighted by atomic mass is 10.1. The number of nitrogens with one attached hydrogen (secondary N) is 1. The standard InChI is InChI=1S/C17H17IN4O2/c1-17(2,3)24-16(23)21-14-9-13(11-7-5-4-6-8-11)20-15-12(18)10-19-22(14)15/h4-10H,1-3H3,(H,21,23). The first-order valence-corrected chi connectivity index (χ1v) is 8.51. The minimum Gasteiger partial charge on any atom is -0.444 e. The molecule has 2 aromatic heterocycles. The number of anilines is 1. The van der Waals surface area contributed by atoms with Crippen molar-refractivity contribution in [1.29, 1.82) is 0 Å². The molecule has 3 rings (SSSR count). The lowest BCUT2D eigenvalue weighted by Crippen LogP contribution is -2.28. The summed E-state index contributed by atoms with van der Waals surface area (Å²) in [6.45, 7) is 5.46. The second kappa shape index (κ2) is 6.39. The average Bonchev–Trinajstić information content (AvgIpc) is 2.88. The van der Waals surface area contributed by atoms with Gasteiger partial charge in [-0.3, -0.25) is 5.32 Å². The Morgan fingerprint density at radius 1 is 1.25 bits per heavy atom. The second-order valence-corrected chi connectivity index (χ2v) is 7.41. The zero-order valence-corrected chi connectivity index (χ0v) is 15.7. The Kier molecular flexibility index (Phi) is 4.44. The normalized spacial score (nSPS) is 11.5. The lowest BCUT2D eigenvalue weighted by Gasteiger charge is -2.20. The summed E-state index contributed by atoms with van der Waals surface area (Å²) in [6.07, 6.45) is 1.18. The average molecular weight is 436 g/mol. The van der Waals surface area contributed by atoms with Crippen molar-refractivity contribution in [1.82, 2.24) is 14.6 Å². The van der Waals surface area contributed by atoms with Gasteiger partial charge in [0.1, 0.15) is 11.4 Å². The molecule has 0 aliphatic heterocycles. The van der Waals surface area contributed by atoms with E-state index in [1.165, 1.54) is 0 Å². The van der Waals surface area contributed by atoms with Crippen LogP contribution >= 0.6 is 22.6 Å². The highest BCUT2D eigenvalue weighted by Gasteiger charge is 2.19. The molecule has 24 heavy (non-hydrogen) atoms. The second-order valence-electron chi connectivity index (χ2n) is 6.25. The van der Waals surface area contributed by atoms with Crippen LogP contribution in [0.5, 0.6) is 0 Å². The number of hydrogen-bond donors (Lipinski definition) is 1. The maximum absolute atomic E-state index is 12.1. The van der Waals surface area contributed by atoms with Crippen LogP contribution in [0.4, 0.5) is 10.6 Å². The van der Waals surface area contributed by atoms with E-state index in [0.717, 1.165) is 14.8 Å². The minimum absolute atomic E-state index is 0.510. The molecular weight excluding hydrogens is 419 g/mol. The molecule has 6 nitrogen and oxygen atoms in total. The van der Waals surface area contributed by atoms with E-state index in [1.54, 1.807) is 16.8 Å². The van der Waals surface area contributed by atoms with Crippen molar-refractivity contribution < 1.29 is 9.53 Å². The van der Waals surface area contributed by atoms with Crippen LogP contribution in [0.25, 0.3) is 16.9 Å². The highest BCUT2D eigenvalue weighted by atomic mass is 127.